The van der Waals surface area contributed by atoms with Gasteiger partial charge in [-0.1, -0.05) is 6.92 Å². The predicted octanol–water partition coefficient (Wildman–Crippen LogP) is 0.894. The minimum absolute atomic E-state index is 0.104. The highest BCUT2D eigenvalue weighted by Crippen LogP contribution is 2.20. The van der Waals surface area contributed by atoms with Crippen LogP contribution in [0.1, 0.15) is 40.0 Å². The first-order chi connectivity index (χ1) is 8.90. The molecule has 1 aliphatic heterocycles. The molecule has 2 atom stereocenters. The third-order valence-electron chi connectivity index (χ3n) is 3.31. The number of nitrogens with one attached hydrogen (secondary N) is 1. The van der Waals surface area contributed by atoms with Gasteiger partial charge in [0.2, 0.25) is 0 Å². The Kier molecular flexibility index (Phi) is 6.22. The van der Waals surface area contributed by atoms with E-state index in [2.05, 4.69) is 4.72 Å². The van der Waals surface area contributed by atoms with Gasteiger partial charge in [-0.25, -0.2) is 0 Å². The third kappa shape index (κ3) is 4.74. The van der Waals surface area contributed by atoms with Crippen molar-refractivity contribution in [3.8, 4) is 0 Å². The van der Waals surface area contributed by atoms with Crippen LogP contribution in [0.2, 0.25) is 0 Å². The Hall–Kier alpha value is -0.660. The zero-order valence-electron chi connectivity index (χ0n) is 11.9. The van der Waals surface area contributed by atoms with Crippen molar-refractivity contribution in [1.82, 2.24) is 9.03 Å². The zero-order valence-corrected chi connectivity index (χ0v) is 12.7. The molecule has 1 aliphatic rings. The first-order valence-electron chi connectivity index (χ1n) is 6.84. The first-order valence-corrected chi connectivity index (χ1v) is 8.28. The highest BCUT2D eigenvalue weighted by molar-refractivity contribution is 7.87. The van der Waals surface area contributed by atoms with Gasteiger partial charge in [0.15, 0.2) is 0 Å². The Morgan fingerprint density at radius 2 is 2.16 bits per heavy atom. The fourth-order valence-electron chi connectivity index (χ4n) is 2.03. The van der Waals surface area contributed by atoms with Crippen molar-refractivity contribution >= 4 is 16.2 Å². The van der Waals surface area contributed by atoms with Crippen LogP contribution in [0.15, 0.2) is 0 Å². The number of piperidine rings is 1. The Bertz CT molecular complexity index is 397. The summed E-state index contributed by atoms with van der Waals surface area (Å²) >= 11 is 0. The zero-order chi connectivity index (χ0) is 14.5. The molecule has 7 heteroatoms. The van der Waals surface area contributed by atoms with Crippen LogP contribution in [-0.4, -0.2) is 44.4 Å². The number of esters is 1. The first kappa shape index (κ1) is 16.4. The quantitative estimate of drug-likeness (QED) is 0.738. The van der Waals surface area contributed by atoms with E-state index in [4.69, 9.17) is 4.74 Å². The van der Waals surface area contributed by atoms with Gasteiger partial charge in [0.1, 0.15) is 0 Å². The number of hydrogen-bond acceptors (Lipinski definition) is 4. The highest BCUT2D eigenvalue weighted by Gasteiger charge is 2.33. The van der Waals surface area contributed by atoms with Crippen molar-refractivity contribution in [3.05, 3.63) is 0 Å². The molecule has 6 nitrogen and oxygen atoms in total. The number of carbonyl (C=O) groups is 1. The molecule has 0 aromatic carbocycles. The number of hydrogen-bond donors (Lipinski definition) is 1. The lowest BCUT2D eigenvalue weighted by Crippen LogP contribution is -2.49. The van der Waals surface area contributed by atoms with Crippen LogP contribution in [0.3, 0.4) is 0 Å². The summed E-state index contributed by atoms with van der Waals surface area (Å²) < 4.78 is 33.2. The summed E-state index contributed by atoms with van der Waals surface area (Å²) in [5.41, 5.74) is 0. The molecule has 112 valence electrons. The van der Waals surface area contributed by atoms with Crippen molar-refractivity contribution in [2.45, 2.75) is 46.1 Å². The smallest absolute Gasteiger partial charge is 0.310 e. The van der Waals surface area contributed by atoms with Gasteiger partial charge >= 0.3 is 5.97 Å². The fraction of sp³-hybridized carbons (Fsp3) is 0.917. The molecule has 1 rings (SSSR count). The van der Waals surface area contributed by atoms with Crippen LogP contribution in [0.25, 0.3) is 0 Å². The average molecular weight is 292 g/mol. The molecule has 1 fully saturated rings. The van der Waals surface area contributed by atoms with E-state index >= 15 is 0 Å². The van der Waals surface area contributed by atoms with Gasteiger partial charge in [-0.3, -0.25) is 4.79 Å². The maximum absolute atomic E-state index is 12.1. The minimum atomic E-state index is -3.50. The number of nitrogens with zero attached hydrogens (tertiary/aromatic N) is 1. The van der Waals surface area contributed by atoms with E-state index in [9.17, 15) is 13.2 Å². The molecule has 19 heavy (non-hydrogen) atoms. The van der Waals surface area contributed by atoms with Crippen LogP contribution in [-0.2, 0) is 19.7 Å². The standard InChI is InChI=1S/C12H24N2O4S/c1-4-10(3)13-19(16,17)14-8-6-7-11(9-14)12(15)18-5-2/h10-11,13H,4-9H2,1-3H3/t10-,11-/m0/s1. The molecule has 0 radical (unpaired) electrons. The summed E-state index contributed by atoms with van der Waals surface area (Å²) in [7, 11) is -3.50. The number of rotatable bonds is 6. The molecule has 0 bridgehead atoms. The second-order valence-electron chi connectivity index (χ2n) is 4.88. The van der Waals surface area contributed by atoms with Gasteiger partial charge in [-0.15, -0.1) is 0 Å². The molecular formula is C12H24N2O4S. The number of carbonyl (C=O) groups excluding carboxylic acids is 1. The van der Waals surface area contributed by atoms with Crippen molar-refractivity contribution in [2.75, 3.05) is 19.7 Å². The summed E-state index contributed by atoms with van der Waals surface area (Å²) in [5, 5.41) is 0. The van der Waals surface area contributed by atoms with Crippen LogP contribution < -0.4 is 4.72 Å². The van der Waals surface area contributed by atoms with E-state index in [0.717, 1.165) is 6.42 Å². The van der Waals surface area contributed by atoms with E-state index in [0.29, 0.717) is 26.0 Å². The van der Waals surface area contributed by atoms with Gasteiger partial charge in [0.05, 0.1) is 12.5 Å². The maximum Gasteiger partial charge on any atom is 0.310 e. The molecule has 0 spiro atoms. The van der Waals surface area contributed by atoms with Crippen LogP contribution in [0, 0.1) is 5.92 Å². The molecule has 1 heterocycles. The topological polar surface area (TPSA) is 75.7 Å². The van der Waals surface area contributed by atoms with Crippen molar-refractivity contribution in [3.63, 3.8) is 0 Å². The van der Waals surface area contributed by atoms with Crippen molar-refractivity contribution < 1.29 is 17.9 Å². The van der Waals surface area contributed by atoms with E-state index < -0.39 is 10.2 Å². The molecule has 0 amide bonds. The highest BCUT2D eigenvalue weighted by atomic mass is 32.2. The van der Waals surface area contributed by atoms with Crippen LogP contribution in [0.4, 0.5) is 0 Å². The van der Waals surface area contributed by atoms with Crippen LogP contribution >= 0.6 is 0 Å². The largest absolute Gasteiger partial charge is 0.466 e. The van der Waals surface area contributed by atoms with Gasteiger partial charge in [-0.2, -0.15) is 17.4 Å². The Morgan fingerprint density at radius 3 is 2.74 bits per heavy atom. The molecule has 0 aromatic heterocycles. The lowest BCUT2D eigenvalue weighted by Gasteiger charge is -2.31. The van der Waals surface area contributed by atoms with Gasteiger partial charge in [0, 0.05) is 19.1 Å². The van der Waals surface area contributed by atoms with Crippen LogP contribution in [0.5, 0.6) is 0 Å². The minimum Gasteiger partial charge on any atom is -0.466 e. The van der Waals surface area contributed by atoms with E-state index in [1.807, 2.05) is 13.8 Å². The third-order valence-corrected chi connectivity index (χ3v) is 5.02. The van der Waals surface area contributed by atoms with Crippen molar-refractivity contribution in [2.24, 2.45) is 5.92 Å². The molecule has 1 saturated heterocycles. The Balaban J connectivity index is 2.66. The second-order valence-corrected chi connectivity index (χ2v) is 6.58. The Morgan fingerprint density at radius 1 is 1.47 bits per heavy atom. The van der Waals surface area contributed by atoms with E-state index in [1.54, 1.807) is 6.92 Å². The molecule has 0 aromatic rings. The summed E-state index contributed by atoms with van der Waals surface area (Å²) in [6.07, 6.45) is 2.10. The lowest BCUT2D eigenvalue weighted by atomic mass is 10.0. The summed E-state index contributed by atoms with van der Waals surface area (Å²) in [5.74, 6) is -0.645. The molecule has 0 aliphatic carbocycles. The Labute approximate surface area is 115 Å². The second kappa shape index (κ2) is 7.21. The molecule has 0 saturated carbocycles. The van der Waals surface area contributed by atoms with Gasteiger partial charge in [0.25, 0.3) is 10.2 Å². The maximum atomic E-state index is 12.1. The van der Waals surface area contributed by atoms with Gasteiger partial charge < -0.3 is 4.74 Å². The van der Waals surface area contributed by atoms with Gasteiger partial charge in [-0.05, 0) is 33.1 Å². The molecule has 1 N–H and O–H groups in total. The SMILES string of the molecule is CCOC(=O)[C@H]1CCCN(S(=O)(=O)N[C@@H](C)CC)C1. The normalized spacial score (nSPS) is 23.0. The predicted molar refractivity (Wildman–Crippen MR) is 72.7 cm³/mol. The van der Waals surface area contributed by atoms with Crippen molar-refractivity contribution in [1.29, 1.82) is 0 Å². The number of ether oxygens (including phenoxy) is 1. The monoisotopic (exact) mass is 292 g/mol. The summed E-state index contributed by atoms with van der Waals surface area (Å²) in [4.78, 5) is 11.7. The van der Waals surface area contributed by atoms with E-state index in [1.165, 1.54) is 4.31 Å². The summed E-state index contributed by atoms with van der Waals surface area (Å²) in [6, 6.07) is -0.104. The fourth-order valence-corrected chi connectivity index (χ4v) is 3.60. The lowest BCUT2D eigenvalue weighted by molar-refractivity contribution is -0.149. The average Bonchev–Trinajstić information content (AvgIpc) is 2.38. The molecular weight excluding hydrogens is 268 g/mol. The summed E-state index contributed by atoms with van der Waals surface area (Å²) in [6.45, 7) is 6.49. The van der Waals surface area contributed by atoms with E-state index in [-0.39, 0.29) is 24.5 Å². The molecule has 0 unspecified atom stereocenters.